The van der Waals surface area contributed by atoms with Crippen LogP contribution in [0.25, 0.3) is 0 Å². The number of rotatable bonds is 3. The molecule has 0 aliphatic carbocycles. The molecule has 0 N–H and O–H groups in total. The third-order valence-corrected chi connectivity index (χ3v) is 4.11. The highest BCUT2D eigenvalue weighted by Crippen LogP contribution is 2.41. The molecule has 1 unspecified atom stereocenters. The molecule has 0 aromatic heterocycles. The number of hydrogen-bond donors (Lipinski definition) is 0. The van der Waals surface area contributed by atoms with E-state index in [0.717, 1.165) is 19.1 Å². The van der Waals surface area contributed by atoms with Gasteiger partial charge in [0.25, 0.3) is 0 Å². The van der Waals surface area contributed by atoms with E-state index < -0.39 is 0 Å². The lowest BCUT2D eigenvalue weighted by molar-refractivity contribution is -0.114. The van der Waals surface area contributed by atoms with Gasteiger partial charge in [-0.1, -0.05) is 32.0 Å². The highest BCUT2D eigenvalue weighted by atomic mass is 32.2. The van der Waals surface area contributed by atoms with Gasteiger partial charge in [0.1, 0.15) is 6.29 Å². The Kier molecular flexibility index (Phi) is 2.87. The monoisotopic (exact) mass is 220 g/mol. The zero-order valence-electron chi connectivity index (χ0n) is 9.19. The topological polar surface area (TPSA) is 17.1 Å². The number of fused-ring (bicyclic) bond motifs is 1. The third kappa shape index (κ3) is 2.43. The maximum Gasteiger partial charge on any atom is 0.125 e. The van der Waals surface area contributed by atoms with Gasteiger partial charge < -0.3 is 4.79 Å². The van der Waals surface area contributed by atoms with Gasteiger partial charge in [-0.3, -0.25) is 0 Å². The first-order valence-electron chi connectivity index (χ1n) is 5.32. The van der Waals surface area contributed by atoms with Gasteiger partial charge in [0.2, 0.25) is 0 Å². The molecule has 1 aromatic rings. The van der Waals surface area contributed by atoms with Crippen LogP contribution in [-0.4, -0.2) is 11.5 Å². The first-order valence-corrected chi connectivity index (χ1v) is 6.19. The largest absolute Gasteiger partial charge is 0.303 e. The predicted molar refractivity (Wildman–Crippen MR) is 64.3 cm³/mol. The van der Waals surface area contributed by atoms with Gasteiger partial charge in [-0.15, -0.1) is 11.8 Å². The van der Waals surface area contributed by atoms with Crippen LogP contribution >= 0.6 is 11.8 Å². The maximum absolute atomic E-state index is 10.9. The van der Waals surface area contributed by atoms with Gasteiger partial charge >= 0.3 is 0 Å². The summed E-state index contributed by atoms with van der Waals surface area (Å²) in [6.07, 6.45) is 3.16. The molecule has 0 bridgehead atoms. The van der Waals surface area contributed by atoms with Crippen LogP contribution in [0.4, 0.5) is 0 Å². The summed E-state index contributed by atoms with van der Waals surface area (Å²) in [7, 11) is 0. The Hall–Kier alpha value is -0.760. The molecule has 0 spiro atoms. The summed E-state index contributed by atoms with van der Waals surface area (Å²) in [5.41, 5.74) is 1.26. The average Bonchev–Trinajstić information content (AvgIpc) is 2.58. The van der Waals surface area contributed by atoms with Crippen molar-refractivity contribution in [2.75, 3.05) is 0 Å². The lowest BCUT2D eigenvalue weighted by Gasteiger charge is -2.20. The molecule has 0 saturated carbocycles. The molecule has 80 valence electrons. The maximum atomic E-state index is 10.9. The van der Waals surface area contributed by atoms with Crippen LogP contribution in [-0.2, 0) is 11.2 Å². The Morgan fingerprint density at radius 2 is 2.20 bits per heavy atom. The summed E-state index contributed by atoms with van der Waals surface area (Å²) in [5, 5.41) is 0.572. The third-order valence-electron chi connectivity index (χ3n) is 2.79. The number of thioether (sulfide) groups is 1. The Bertz CT molecular complexity index is 346. The van der Waals surface area contributed by atoms with Crippen molar-refractivity contribution in [3.63, 3.8) is 0 Å². The van der Waals surface area contributed by atoms with Gasteiger partial charge in [-0.05, 0) is 24.5 Å². The normalized spacial score (nSPS) is 20.0. The minimum Gasteiger partial charge on any atom is -0.303 e. The van der Waals surface area contributed by atoms with Gasteiger partial charge in [0.15, 0.2) is 0 Å². The van der Waals surface area contributed by atoms with Gasteiger partial charge in [0, 0.05) is 15.6 Å². The van der Waals surface area contributed by atoms with Crippen molar-refractivity contribution in [1.29, 1.82) is 0 Å². The number of hydrogen-bond acceptors (Lipinski definition) is 2. The average molecular weight is 220 g/mol. The zero-order chi connectivity index (χ0) is 10.9. The van der Waals surface area contributed by atoms with Crippen molar-refractivity contribution in [3.8, 4) is 0 Å². The van der Waals surface area contributed by atoms with Crippen LogP contribution in [0.1, 0.15) is 25.8 Å². The Labute approximate surface area is 95.3 Å². The van der Waals surface area contributed by atoms with Crippen LogP contribution in [0.3, 0.4) is 0 Å². The lowest BCUT2D eigenvalue weighted by Crippen LogP contribution is -2.19. The standard InChI is InChI=1S/C13H16OS/c1-13(2,9-14)8-11-7-10-5-3-4-6-12(10)15-11/h3-6,9,11H,7-8H2,1-2H3. The van der Waals surface area contributed by atoms with Crippen molar-refractivity contribution in [2.24, 2.45) is 5.41 Å². The van der Waals surface area contributed by atoms with Crippen molar-refractivity contribution in [3.05, 3.63) is 29.8 Å². The quantitative estimate of drug-likeness (QED) is 0.727. The number of carbonyl (C=O) groups excluding carboxylic acids is 1. The van der Waals surface area contributed by atoms with Gasteiger partial charge in [0.05, 0.1) is 0 Å². The van der Waals surface area contributed by atoms with E-state index >= 15 is 0 Å². The van der Waals surface area contributed by atoms with Crippen molar-refractivity contribution in [1.82, 2.24) is 0 Å². The minimum absolute atomic E-state index is 0.181. The number of benzene rings is 1. The summed E-state index contributed by atoms with van der Waals surface area (Å²) in [6, 6.07) is 8.54. The Morgan fingerprint density at radius 1 is 1.47 bits per heavy atom. The highest BCUT2D eigenvalue weighted by molar-refractivity contribution is 8.00. The molecule has 1 aliphatic rings. The fourth-order valence-electron chi connectivity index (χ4n) is 2.00. The second kappa shape index (κ2) is 4.01. The van der Waals surface area contributed by atoms with E-state index in [1.165, 1.54) is 10.5 Å². The van der Waals surface area contributed by atoms with Crippen molar-refractivity contribution < 1.29 is 4.79 Å². The molecular weight excluding hydrogens is 204 g/mol. The smallest absolute Gasteiger partial charge is 0.125 e. The summed E-state index contributed by atoms with van der Waals surface area (Å²) in [5.74, 6) is 0. The van der Waals surface area contributed by atoms with E-state index in [-0.39, 0.29) is 5.41 Å². The molecule has 1 heterocycles. The molecule has 2 rings (SSSR count). The van der Waals surface area contributed by atoms with Crippen LogP contribution in [0.15, 0.2) is 29.2 Å². The molecule has 0 fully saturated rings. The second-order valence-electron chi connectivity index (χ2n) is 4.86. The van der Waals surface area contributed by atoms with Crippen molar-refractivity contribution in [2.45, 2.75) is 36.8 Å². The van der Waals surface area contributed by atoms with Crippen LogP contribution in [0.5, 0.6) is 0 Å². The van der Waals surface area contributed by atoms with E-state index in [1.807, 2.05) is 25.6 Å². The lowest BCUT2D eigenvalue weighted by atomic mass is 9.88. The SMILES string of the molecule is CC(C)(C=O)CC1Cc2ccccc2S1. The highest BCUT2D eigenvalue weighted by Gasteiger charge is 2.28. The summed E-state index contributed by atoms with van der Waals surface area (Å²) in [6.45, 7) is 4.03. The first kappa shape index (κ1) is 10.7. The number of aldehydes is 1. The van der Waals surface area contributed by atoms with Gasteiger partial charge in [-0.25, -0.2) is 0 Å². The van der Waals surface area contributed by atoms with Crippen LogP contribution < -0.4 is 0 Å². The summed E-state index contributed by atoms with van der Waals surface area (Å²) >= 11 is 1.92. The molecular formula is C13H16OS. The second-order valence-corrected chi connectivity index (χ2v) is 6.20. The van der Waals surface area contributed by atoms with E-state index in [1.54, 1.807) is 0 Å². The van der Waals surface area contributed by atoms with Crippen LogP contribution in [0, 0.1) is 5.41 Å². The molecule has 2 heteroatoms. The molecule has 1 atom stereocenters. The van der Waals surface area contributed by atoms with E-state index in [2.05, 4.69) is 24.3 Å². The molecule has 0 saturated heterocycles. The fraction of sp³-hybridized carbons (Fsp3) is 0.462. The molecule has 1 aromatic carbocycles. The molecule has 0 radical (unpaired) electrons. The van der Waals surface area contributed by atoms with E-state index in [4.69, 9.17) is 0 Å². The Balaban J connectivity index is 2.05. The minimum atomic E-state index is -0.181. The van der Waals surface area contributed by atoms with E-state index in [9.17, 15) is 4.79 Å². The van der Waals surface area contributed by atoms with Gasteiger partial charge in [-0.2, -0.15) is 0 Å². The zero-order valence-corrected chi connectivity index (χ0v) is 10.0. The van der Waals surface area contributed by atoms with E-state index in [0.29, 0.717) is 5.25 Å². The molecule has 0 amide bonds. The number of carbonyl (C=O) groups is 1. The van der Waals surface area contributed by atoms with Crippen LogP contribution in [0.2, 0.25) is 0 Å². The fourth-order valence-corrected chi connectivity index (χ4v) is 3.60. The van der Waals surface area contributed by atoms with Crippen molar-refractivity contribution >= 4 is 18.0 Å². The predicted octanol–water partition coefficient (Wildman–Crippen LogP) is 3.32. The first-order chi connectivity index (χ1) is 7.11. The summed E-state index contributed by atoms with van der Waals surface area (Å²) in [4.78, 5) is 12.3. The molecule has 1 aliphatic heterocycles. The Morgan fingerprint density at radius 3 is 2.87 bits per heavy atom. The summed E-state index contributed by atoms with van der Waals surface area (Å²) < 4.78 is 0. The molecule has 1 nitrogen and oxygen atoms in total. The molecule has 15 heavy (non-hydrogen) atoms.